The van der Waals surface area contributed by atoms with Crippen molar-refractivity contribution < 1.29 is 0 Å². The van der Waals surface area contributed by atoms with Crippen molar-refractivity contribution in [2.45, 2.75) is 26.3 Å². The highest BCUT2D eigenvalue weighted by Gasteiger charge is 2.17. The molecule has 2 aromatic rings. The largest absolute Gasteiger partial charge is 0.304 e. The summed E-state index contributed by atoms with van der Waals surface area (Å²) in [6.45, 7) is 5.07. The van der Waals surface area contributed by atoms with Gasteiger partial charge in [-0.3, -0.25) is 0 Å². The molecule has 2 nitrogen and oxygen atoms in total. The molecular weight excluding hydrogens is 299 g/mol. The summed E-state index contributed by atoms with van der Waals surface area (Å²) in [5, 5.41) is 7.91. The molecule has 0 saturated heterocycles. The zero-order valence-corrected chi connectivity index (χ0v) is 13.2. The Bertz CT molecular complexity index is 534. The maximum atomic E-state index is 6.09. The van der Waals surface area contributed by atoms with Crippen molar-refractivity contribution in [3.63, 3.8) is 0 Å². The average Bonchev–Trinajstić information content (AvgIpc) is 2.75. The summed E-state index contributed by atoms with van der Waals surface area (Å²) in [5.41, 5.74) is 2.09. The van der Waals surface area contributed by atoms with Gasteiger partial charge >= 0.3 is 0 Å². The Kier molecular flexibility index (Phi) is 5.22. The fourth-order valence-electron chi connectivity index (χ4n) is 1.88. The second-order valence-corrected chi connectivity index (χ2v) is 6.18. The molecule has 0 radical (unpaired) electrons. The molecule has 0 spiro atoms. The van der Waals surface area contributed by atoms with E-state index in [0.29, 0.717) is 10.0 Å². The fraction of sp³-hybridized carbons (Fsp3) is 0.357. The Labute approximate surface area is 127 Å². The lowest BCUT2D eigenvalue weighted by molar-refractivity contribution is 0.595. The van der Waals surface area contributed by atoms with Gasteiger partial charge in [0.2, 0.25) is 0 Å². The second-order valence-electron chi connectivity index (χ2n) is 4.42. The van der Waals surface area contributed by atoms with Gasteiger partial charge in [-0.05, 0) is 43.7 Å². The molecule has 1 aromatic heterocycles. The smallest absolute Gasteiger partial charge is 0.114 e. The van der Waals surface area contributed by atoms with Crippen LogP contribution >= 0.6 is 34.5 Å². The molecule has 1 N–H and O–H groups in total. The number of benzene rings is 1. The van der Waals surface area contributed by atoms with Gasteiger partial charge in [-0.1, -0.05) is 30.1 Å². The van der Waals surface area contributed by atoms with Crippen LogP contribution in [0.2, 0.25) is 10.0 Å². The molecule has 2 rings (SSSR count). The molecule has 1 heterocycles. The summed E-state index contributed by atoms with van der Waals surface area (Å²) >= 11 is 13.8. The van der Waals surface area contributed by atoms with E-state index >= 15 is 0 Å². The first-order valence-corrected chi connectivity index (χ1v) is 7.85. The first-order valence-electron chi connectivity index (χ1n) is 6.21. The standard InChI is InChI=1S/C14H16Cl2N2S/c1-3-4-17-13(14-18-9(2)8-19-14)10-5-11(15)7-12(16)6-10/h5-8,13,17H,3-4H2,1-2H3. The lowest BCUT2D eigenvalue weighted by Crippen LogP contribution is -2.23. The van der Waals surface area contributed by atoms with Gasteiger partial charge in [0, 0.05) is 21.1 Å². The number of aryl methyl sites for hydroxylation is 1. The van der Waals surface area contributed by atoms with Gasteiger partial charge in [-0.2, -0.15) is 0 Å². The number of rotatable bonds is 5. The predicted molar refractivity (Wildman–Crippen MR) is 83.4 cm³/mol. The monoisotopic (exact) mass is 314 g/mol. The van der Waals surface area contributed by atoms with Gasteiger partial charge in [0.05, 0.1) is 6.04 Å². The van der Waals surface area contributed by atoms with Crippen LogP contribution in [-0.4, -0.2) is 11.5 Å². The van der Waals surface area contributed by atoms with Crippen LogP contribution in [0.3, 0.4) is 0 Å². The van der Waals surface area contributed by atoms with E-state index in [1.807, 2.05) is 19.1 Å². The third kappa shape index (κ3) is 3.93. The van der Waals surface area contributed by atoms with Gasteiger partial charge in [-0.25, -0.2) is 4.98 Å². The summed E-state index contributed by atoms with van der Waals surface area (Å²) in [6.07, 6.45) is 1.06. The maximum Gasteiger partial charge on any atom is 0.114 e. The van der Waals surface area contributed by atoms with E-state index < -0.39 is 0 Å². The minimum absolute atomic E-state index is 0.0508. The summed E-state index contributed by atoms with van der Waals surface area (Å²) in [5.74, 6) is 0. The predicted octanol–water partition coefficient (Wildman–Crippen LogP) is 4.85. The molecule has 0 aliphatic heterocycles. The quantitative estimate of drug-likeness (QED) is 0.853. The van der Waals surface area contributed by atoms with Crippen molar-refractivity contribution >= 4 is 34.5 Å². The van der Waals surface area contributed by atoms with Gasteiger partial charge < -0.3 is 5.32 Å². The van der Waals surface area contributed by atoms with E-state index in [4.69, 9.17) is 23.2 Å². The van der Waals surface area contributed by atoms with Gasteiger partial charge in [0.25, 0.3) is 0 Å². The SMILES string of the molecule is CCCNC(c1cc(Cl)cc(Cl)c1)c1nc(C)cs1. The summed E-state index contributed by atoms with van der Waals surface area (Å²) in [7, 11) is 0. The number of nitrogens with zero attached hydrogens (tertiary/aromatic N) is 1. The number of hydrogen-bond donors (Lipinski definition) is 1. The summed E-state index contributed by atoms with van der Waals surface area (Å²) < 4.78 is 0. The Balaban J connectivity index is 2.36. The zero-order valence-electron chi connectivity index (χ0n) is 10.9. The molecule has 1 aromatic carbocycles. The van der Waals surface area contributed by atoms with Crippen molar-refractivity contribution in [2.24, 2.45) is 0 Å². The Hall–Kier alpha value is -0.610. The molecule has 0 amide bonds. The van der Waals surface area contributed by atoms with Crippen LogP contribution in [-0.2, 0) is 0 Å². The van der Waals surface area contributed by atoms with E-state index in [-0.39, 0.29) is 6.04 Å². The zero-order chi connectivity index (χ0) is 13.8. The molecule has 0 fully saturated rings. The van der Waals surface area contributed by atoms with Crippen LogP contribution < -0.4 is 5.32 Å². The van der Waals surface area contributed by atoms with Crippen molar-refractivity contribution in [1.82, 2.24) is 10.3 Å². The van der Waals surface area contributed by atoms with E-state index in [1.165, 1.54) is 0 Å². The lowest BCUT2D eigenvalue weighted by atomic mass is 10.1. The van der Waals surface area contributed by atoms with E-state index in [2.05, 4.69) is 22.6 Å². The normalized spacial score (nSPS) is 12.6. The van der Waals surface area contributed by atoms with Crippen LogP contribution in [0, 0.1) is 6.92 Å². The Morgan fingerprint density at radius 2 is 1.95 bits per heavy atom. The van der Waals surface area contributed by atoms with Crippen LogP contribution in [0.5, 0.6) is 0 Å². The highest BCUT2D eigenvalue weighted by Crippen LogP contribution is 2.29. The summed E-state index contributed by atoms with van der Waals surface area (Å²) in [6, 6.07) is 5.68. The topological polar surface area (TPSA) is 24.9 Å². The van der Waals surface area contributed by atoms with Crippen molar-refractivity contribution in [1.29, 1.82) is 0 Å². The van der Waals surface area contributed by atoms with Crippen molar-refractivity contribution in [3.8, 4) is 0 Å². The molecule has 1 atom stereocenters. The third-order valence-corrected chi connectivity index (χ3v) is 4.16. The molecule has 102 valence electrons. The van der Waals surface area contributed by atoms with Crippen LogP contribution in [0.25, 0.3) is 0 Å². The third-order valence-electron chi connectivity index (χ3n) is 2.70. The number of aromatic nitrogens is 1. The Morgan fingerprint density at radius 3 is 2.47 bits per heavy atom. The van der Waals surface area contributed by atoms with Crippen LogP contribution in [0.1, 0.15) is 35.7 Å². The van der Waals surface area contributed by atoms with E-state index in [1.54, 1.807) is 17.4 Å². The molecule has 5 heteroatoms. The molecule has 0 bridgehead atoms. The number of hydrogen-bond acceptors (Lipinski definition) is 3. The molecule has 1 unspecified atom stereocenters. The molecule has 0 aliphatic carbocycles. The Morgan fingerprint density at radius 1 is 1.26 bits per heavy atom. The average molecular weight is 315 g/mol. The number of halogens is 2. The summed E-state index contributed by atoms with van der Waals surface area (Å²) in [4.78, 5) is 4.57. The van der Waals surface area contributed by atoms with Crippen LogP contribution in [0.4, 0.5) is 0 Å². The highest BCUT2D eigenvalue weighted by molar-refractivity contribution is 7.09. The van der Waals surface area contributed by atoms with Crippen molar-refractivity contribution in [2.75, 3.05) is 6.54 Å². The highest BCUT2D eigenvalue weighted by atomic mass is 35.5. The molecule has 0 aliphatic rings. The molecular formula is C14H16Cl2N2S. The van der Waals surface area contributed by atoms with Crippen molar-refractivity contribution in [3.05, 3.63) is 49.9 Å². The lowest BCUT2D eigenvalue weighted by Gasteiger charge is -2.17. The first-order chi connectivity index (χ1) is 9.10. The first kappa shape index (κ1) is 14.8. The fourth-order valence-corrected chi connectivity index (χ4v) is 3.32. The van der Waals surface area contributed by atoms with Gasteiger partial charge in [-0.15, -0.1) is 11.3 Å². The van der Waals surface area contributed by atoms with E-state index in [0.717, 1.165) is 29.2 Å². The van der Waals surface area contributed by atoms with Gasteiger partial charge in [0.1, 0.15) is 5.01 Å². The molecule has 19 heavy (non-hydrogen) atoms. The second kappa shape index (κ2) is 6.71. The number of thiazole rings is 1. The van der Waals surface area contributed by atoms with Gasteiger partial charge in [0.15, 0.2) is 0 Å². The number of nitrogens with one attached hydrogen (secondary N) is 1. The van der Waals surface area contributed by atoms with Crippen LogP contribution in [0.15, 0.2) is 23.6 Å². The minimum atomic E-state index is 0.0508. The minimum Gasteiger partial charge on any atom is -0.304 e. The van der Waals surface area contributed by atoms with E-state index in [9.17, 15) is 0 Å². The molecule has 0 saturated carbocycles. The maximum absolute atomic E-state index is 6.09.